The highest BCUT2D eigenvalue weighted by Gasteiger charge is 2.19. The van der Waals surface area contributed by atoms with E-state index in [1.165, 1.54) is 45.7 Å². The predicted octanol–water partition coefficient (Wildman–Crippen LogP) is 14.1. The third-order valence-corrected chi connectivity index (χ3v) is 13.2. The van der Waals surface area contributed by atoms with Crippen molar-refractivity contribution in [2.45, 2.75) is 0 Å². The molecule has 4 nitrogen and oxygen atoms in total. The Morgan fingerprint density at radius 2 is 0.929 bits per heavy atom. The van der Waals surface area contributed by atoms with E-state index in [9.17, 15) is 0 Å². The fraction of sp³-hybridized carbons (Fsp3) is 0. The molecule has 0 aliphatic carbocycles. The van der Waals surface area contributed by atoms with Crippen molar-refractivity contribution in [1.82, 2.24) is 19.9 Å². The fourth-order valence-electron chi connectivity index (χ4n) is 8.31. The minimum atomic E-state index is 0.610. The Kier molecular flexibility index (Phi) is 6.93. The molecule has 0 saturated heterocycles. The Morgan fingerprint density at radius 1 is 0.321 bits per heavy atom. The van der Waals surface area contributed by atoms with Crippen LogP contribution < -0.4 is 0 Å². The van der Waals surface area contributed by atoms with Crippen LogP contribution in [0.1, 0.15) is 0 Å². The molecule has 0 fully saturated rings. The molecule has 4 aromatic heterocycles. The van der Waals surface area contributed by atoms with Crippen LogP contribution in [0.3, 0.4) is 0 Å². The molecule has 4 heterocycles. The van der Waals surface area contributed by atoms with Gasteiger partial charge in [0.05, 0.1) is 11.2 Å². The summed E-state index contributed by atoms with van der Waals surface area (Å²) in [6.45, 7) is 0. The predicted molar refractivity (Wildman–Crippen MR) is 238 cm³/mol. The molecule has 0 radical (unpaired) electrons. The molecule has 12 aromatic rings. The van der Waals surface area contributed by atoms with Gasteiger partial charge in [-0.2, -0.15) is 0 Å². The van der Waals surface area contributed by atoms with Gasteiger partial charge < -0.3 is 0 Å². The van der Waals surface area contributed by atoms with Gasteiger partial charge in [-0.15, -0.1) is 22.7 Å². The van der Waals surface area contributed by atoms with E-state index in [-0.39, 0.29) is 0 Å². The molecule has 0 amide bonds. The topological polar surface area (TPSA) is 51.6 Å². The molecule has 0 aliphatic heterocycles. The average molecular weight is 749 g/mol. The number of rotatable bonds is 4. The first kappa shape index (κ1) is 31.5. The zero-order valence-corrected chi connectivity index (χ0v) is 31.4. The van der Waals surface area contributed by atoms with Crippen LogP contribution in [0.2, 0.25) is 0 Å². The Bertz CT molecular complexity index is 3540. The first-order chi connectivity index (χ1) is 27.7. The van der Waals surface area contributed by atoms with Crippen LogP contribution in [-0.2, 0) is 0 Å². The van der Waals surface area contributed by atoms with E-state index in [2.05, 4.69) is 170 Å². The second kappa shape index (κ2) is 12.3. The Labute approximate surface area is 329 Å². The van der Waals surface area contributed by atoms with Crippen molar-refractivity contribution < 1.29 is 0 Å². The van der Waals surface area contributed by atoms with Crippen LogP contribution in [0.4, 0.5) is 0 Å². The molecule has 260 valence electrons. The molecule has 12 rings (SSSR count). The molecule has 0 aliphatic rings. The number of benzene rings is 8. The molecule has 0 spiro atoms. The summed E-state index contributed by atoms with van der Waals surface area (Å²) in [6, 6.07) is 60.2. The molecule has 0 unspecified atom stereocenters. The second-order valence-electron chi connectivity index (χ2n) is 14.2. The SMILES string of the molecule is c1ccc(-c2nc3cc(-c4nc(-c5ccc6c(c5)sc5ccccc56)nc(-c5cccc6ccccc56)n4)ccc3c3c2ccc2sc4ccccc4c23)cc1. The fourth-order valence-corrected chi connectivity index (χ4v) is 10.6. The number of hydrogen-bond acceptors (Lipinski definition) is 6. The number of thiophene rings is 2. The number of aromatic nitrogens is 4. The van der Waals surface area contributed by atoms with E-state index in [1.807, 2.05) is 11.3 Å². The van der Waals surface area contributed by atoms with Gasteiger partial charge in [-0.25, -0.2) is 19.9 Å². The molecule has 0 saturated carbocycles. The maximum atomic E-state index is 5.42. The van der Waals surface area contributed by atoms with Crippen molar-refractivity contribution in [3.8, 4) is 45.4 Å². The maximum Gasteiger partial charge on any atom is 0.164 e. The van der Waals surface area contributed by atoms with E-state index >= 15 is 0 Å². The molecule has 6 heteroatoms. The number of hydrogen-bond donors (Lipinski definition) is 0. The molecule has 0 N–H and O–H groups in total. The van der Waals surface area contributed by atoms with Gasteiger partial charge >= 0.3 is 0 Å². The first-order valence-corrected chi connectivity index (χ1v) is 20.3. The van der Waals surface area contributed by atoms with Crippen molar-refractivity contribution in [2.75, 3.05) is 0 Å². The van der Waals surface area contributed by atoms with Crippen molar-refractivity contribution in [3.63, 3.8) is 0 Å². The summed E-state index contributed by atoms with van der Waals surface area (Å²) < 4.78 is 5.03. The van der Waals surface area contributed by atoms with Gasteiger partial charge in [-0.05, 0) is 41.1 Å². The van der Waals surface area contributed by atoms with E-state index < -0.39 is 0 Å². The van der Waals surface area contributed by atoms with E-state index in [0.717, 1.165) is 55.0 Å². The minimum Gasteiger partial charge on any atom is -0.247 e. The van der Waals surface area contributed by atoms with Gasteiger partial charge in [0.15, 0.2) is 17.5 Å². The van der Waals surface area contributed by atoms with Gasteiger partial charge in [0, 0.05) is 78.8 Å². The van der Waals surface area contributed by atoms with Gasteiger partial charge in [-0.3, -0.25) is 0 Å². The Morgan fingerprint density at radius 3 is 1.77 bits per heavy atom. The summed E-state index contributed by atoms with van der Waals surface area (Å²) in [5.41, 5.74) is 5.76. The van der Waals surface area contributed by atoms with E-state index in [1.54, 1.807) is 11.3 Å². The van der Waals surface area contributed by atoms with Crippen LogP contribution in [0.5, 0.6) is 0 Å². The van der Waals surface area contributed by atoms with Gasteiger partial charge in [-0.1, -0.05) is 140 Å². The molecule has 8 aromatic carbocycles. The summed E-state index contributed by atoms with van der Waals surface area (Å²) >= 11 is 3.64. The van der Waals surface area contributed by atoms with Crippen LogP contribution in [0, 0.1) is 0 Å². The monoisotopic (exact) mass is 748 g/mol. The first-order valence-electron chi connectivity index (χ1n) is 18.6. The highest BCUT2D eigenvalue weighted by Crippen LogP contribution is 2.44. The summed E-state index contributed by atoms with van der Waals surface area (Å²) in [7, 11) is 0. The molecular weight excluding hydrogens is 721 g/mol. The van der Waals surface area contributed by atoms with Crippen molar-refractivity contribution >= 4 is 95.5 Å². The minimum absolute atomic E-state index is 0.610. The lowest BCUT2D eigenvalue weighted by Gasteiger charge is -2.13. The summed E-state index contributed by atoms with van der Waals surface area (Å²) in [4.78, 5) is 21.1. The lowest BCUT2D eigenvalue weighted by Crippen LogP contribution is -2.01. The summed E-state index contributed by atoms with van der Waals surface area (Å²) in [5, 5.41) is 10.8. The molecular formula is C50H28N4S2. The van der Waals surface area contributed by atoms with Gasteiger partial charge in [0.2, 0.25) is 0 Å². The third kappa shape index (κ3) is 4.90. The summed E-state index contributed by atoms with van der Waals surface area (Å²) in [6.07, 6.45) is 0. The highest BCUT2D eigenvalue weighted by atomic mass is 32.1. The average Bonchev–Trinajstić information content (AvgIpc) is 3.84. The smallest absolute Gasteiger partial charge is 0.164 e. The van der Waals surface area contributed by atoms with Crippen LogP contribution >= 0.6 is 22.7 Å². The number of pyridine rings is 1. The lowest BCUT2D eigenvalue weighted by atomic mass is 9.95. The van der Waals surface area contributed by atoms with E-state index in [0.29, 0.717) is 17.5 Å². The van der Waals surface area contributed by atoms with Crippen molar-refractivity contribution in [1.29, 1.82) is 0 Å². The maximum absolute atomic E-state index is 5.42. The molecule has 0 atom stereocenters. The standard InChI is InChI=1S/C50H28N4S2/c1-2-12-30(13-3-1)47-39-25-26-43-46(38-17-7-9-20-42(38)55-43)45(39)37-24-22-31(27-40(37)51-47)48-52-49(32-21-23-35-34-16-6-8-19-41(34)56-44(35)28-32)54-50(53-48)36-18-10-14-29-11-4-5-15-33(29)36/h1-28H. The number of fused-ring (bicyclic) bond motifs is 11. The normalized spacial score (nSPS) is 11.9. The Balaban J connectivity index is 1.12. The van der Waals surface area contributed by atoms with Crippen LogP contribution in [0.25, 0.3) is 118 Å². The summed E-state index contributed by atoms with van der Waals surface area (Å²) in [5.74, 6) is 1.89. The molecule has 56 heavy (non-hydrogen) atoms. The van der Waals surface area contributed by atoms with Crippen LogP contribution in [0.15, 0.2) is 170 Å². The third-order valence-electron chi connectivity index (χ3n) is 10.9. The molecule has 0 bridgehead atoms. The number of nitrogens with zero attached hydrogens (tertiary/aromatic N) is 4. The van der Waals surface area contributed by atoms with Gasteiger partial charge in [0.1, 0.15) is 0 Å². The largest absolute Gasteiger partial charge is 0.247 e. The van der Waals surface area contributed by atoms with Crippen molar-refractivity contribution in [2.24, 2.45) is 0 Å². The van der Waals surface area contributed by atoms with E-state index in [4.69, 9.17) is 19.9 Å². The second-order valence-corrected chi connectivity index (χ2v) is 16.3. The van der Waals surface area contributed by atoms with Crippen molar-refractivity contribution in [3.05, 3.63) is 170 Å². The lowest BCUT2D eigenvalue weighted by molar-refractivity contribution is 1.08. The quantitative estimate of drug-likeness (QED) is 0.168. The highest BCUT2D eigenvalue weighted by molar-refractivity contribution is 7.26. The Hall–Kier alpha value is -6.86. The van der Waals surface area contributed by atoms with Crippen LogP contribution in [-0.4, -0.2) is 19.9 Å². The van der Waals surface area contributed by atoms with Gasteiger partial charge in [0.25, 0.3) is 0 Å². The zero-order chi connectivity index (χ0) is 36.7. The zero-order valence-electron chi connectivity index (χ0n) is 29.8.